The number of rotatable bonds is 6. The number of carbonyl (C=O) groups excluding carboxylic acids is 1. The highest BCUT2D eigenvalue weighted by Gasteiger charge is 2.22. The summed E-state index contributed by atoms with van der Waals surface area (Å²) in [5.41, 5.74) is 0.489. The SMILES string of the molecule is O=C(O)C[C@@H](NC(=O)NCc1cccnn1)C(=O)O. The van der Waals surface area contributed by atoms with Crippen LogP contribution in [0, 0.1) is 0 Å². The van der Waals surface area contributed by atoms with E-state index in [1.807, 2.05) is 5.32 Å². The molecule has 1 atom stereocenters. The number of aromatic nitrogens is 2. The van der Waals surface area contributed by atoms with E-state index >= 15 is 0 Å². The average molecular weight is 268 g/mol. The fourth-order valence-corrected chi connectivity index (χ4v) is 1.18. The summed E-state index contributed by atoms with van der Waals surface area (Å²) in [5, 5.41) is 28.9. The van der Waals surface area contributed by atoms with E-state index in [0.29, 0.717) is 5.69 Å². The molecule has 0 saturated carbocycles. The van der Waals surface area contributed by atoms with Gasteiger partial charge in [0.15, 0.2) is 0 Å². The van der Waals surface area contributed by atoms with Crippen molar-refractivity contribution in [2.75, 3.05) is 0 Å². The van der Waals surface area contributed by atoms with Gasteiger partial charge in [0.1, 0.15) is 6.04 Å². The summed E-state index contributed by atoms with van der Waals surface area (Å²) in [4.78, 5) is 32.5. The van der Waals surface area contributed by atoms with E-state index in [-0.39, 0.29) is 6.54 Å². The van der Waals surface area contributed by atoms with Crippen molar-refractivity contribution in [2.24, 2.45) is 0 Å². The Morgan fingerprint density at radius 3 is 2.58 bits per heavy atom. The molecule has 0 fully saturated rings. The molecule has 1 aromatic rings. The molecule has 0 aliphatic carbocycles. The molecule has 2 amide bonds. The van der Waals surface area contributed by atoms with Gasteiger partial charge in [0, 0.05) is 6.20 Å². The van der Waals surface area contributed by atoms with Crippen molar-refractivity contribution in [1.82, 2.24) is 20.8 Å². The Morgan fingerprint density at radius 1 is 1.32 bits per heavy atom. The Labute approximate surface area is 107 Å². The summed E-state index contributed by atoms with van der Waals surface area (Å²) in [7, 11) is 0. The van der Waals surface area contributed by atoms with E-state index in [0.717, 1.165) is 0 Å². The number of carboxylic acids is 2. The van der Waals surface area contributed by atoms with Gasteiger partial charge in [-0.1, -0.05) is 0 Å². The van der Waals surface area contributed by atoms with Crippen LogP contribution in [0.3, 0.4) is 0 Å². The first-order chi connectivity index (χ1) is 8.99. The Balaban J connectivity index is 2.45. The molecule has 0 spiro atoms. The van der Waals surface area contributed by atoms with E-state index in [1.165, 1.54) is 6.20 Å². The van der Waals surface area contributed by atoms with Gasteiger partial charge in [-0.15, -0.1) is 0 Å². The second-order valence-corrected chi connectivity index (χ2v) is 3.53. The second-order valence-electron chi connectivity index (χ2n) is 3.53. The summed E-state index contributed by atoms with van der Waals surface area (Å²) >= 11 is 0. The van der Waals surface area contributed by atoms with Gasteiger partial charge in [-0.05, 0) is 12.1 Å². The molecule has 0 radical (unpaired) electrons. The topological polar surface area (TPSA) is 142 Å². The molecular formula is C10H12N4O5. The lowest BCUT2D eigenvalue weighted by Gasteiger charge is -2.12. The first-order valence-electron chi connectivity index (χ1n) is 5.24. The zero-order chi connectivity index (χ0) is 14.3. The van der Waals surface area contributed by atoms with Gasteiger partial charge in [0.05, 0.1) is 18.7 Å². The Morgan fingerprint density at radius 2 is 2.05 bits per heavy atom. The van der Waals surface area contributed by atoms with E-state index in [2.05, 4.69) is 15.5 Å². The number of amides is 2. The van der Waals surface area contributed by atoms with Gasteiger partial charge in [-0.2, -0.15) is 10.2 Å². The van der Waals surface area contributed by atoms with Crippen molar-refractivity contribution in [3.8, 4) is 0 Å². The molecule has 9 heteroatoms. The zero-order valence-electron chi connectivity index (χ0n) is 9.74. The molecular weight excluding hydrogens is 256 g/mol. The smallest absolute Gasteiger partial charge is 0.326 e. The maximum absolute atomic E-state index is 11.4. The van der Waals surface area contributed by atoms with Gasteiger partial charge >= 0.3 is 18.0 Å². The van der Waals surface area contributed by atoms with Crippen molar-refractivity contribution in [3.05, 3.63) is 24.0 Å². The van der Waals surface area contributed by atoms with Crippen molar-refractivity contribution in [2.45, 2.75) is 19.0 Å². The molecule has 19 heavy (non-hydrogen) atoms. The van der Waals surface area contributed by atoms with E-state index < -0.39 is 30.4 Å². The van der Waals surface area contributed by atoms with Crippen LogP contribution in [-0.2, 0) is 16.1 Å². The van der Waals surface area contributed by atoms with Gasteiger partial charge in [-0.3, -0.25) is 4.79 Å². The van der Waals surface area contributed by atoms with Crippen LogP contribution in [0.4, 0.5) is 4.79 Å². The van der Waals surface area contributed by atoms with Gasteiger partial charge in [0.2, 0.25) is 0 Å². The molecule has 0 aliphatic rings. The summed E-state index contributed by atoms with van der Waals surface area (Å²) in [5.74, 6) is -2.74. The summed E-state index contributed by atoms with van der Waals surface area (Å²) in [6.45, 7) is 0.0546. The van der Waals surface area contributed by atoms with Crippen LogP contribution in [0.2, 0.25) is 0 Å². The predicted octanol–water partition coefficient (Wildman–Crippen LogP) is -0.796. The standard InChI is InChI=1S/C10H12N4O5/c15-8(16)4-7(9(17)18)13-10(19)11-5-6-2-1-3-12-14-6/h1-3,7H,4-5H2,(H,15,16)(H,17,18)(H2,11,13,19)/t7-/m1/s1. The molecule has 0 unspecified atom stereocenters. The van der Waals surface area contributed by atoms with Gasteiger partial charge < -0.3 is 20.8 Å². The zero-order valence-corrected chi connectivity index (χ0v) is 9.74. The molecule has 1 aromatic heterocycles. The largest absolute Gasteiger partial charge is 0.481 e. The Bertz CT molecular complexity index is 464. The van der Waals surface area contributed by atoms with Crippen LogP contribution >= 0.6 is 0 Å². The van der Waals surface area contributed by atoms with E-state index in [9.17, 15) is 14.4 Å². The third-order valence-corrected chi connectivity index (χ3v) is 2.04. The lowest BCUT2D eigenvalue weighted by atomic mass is 10.2. The number of aliphatic carboxylic acids is 2. The molecule has 0 aliphatic heterocycles. The van der Waals surface area contributed by atoms with Gasteiger partial charge in [-0.25, -0.2) is 9.59 Å². The molecule has 4 N–H and O–H groups in total. The van der Waals surface area contributed by atoms with Crippen LogP contribution in [-0.4, -0.2) is 44.4 Å². The minimum absolute atomic E-state index is 0.0546. The van der Waals surface area contributed by atoms with Crippen LogP contribution in [0.5, 0.6) is 0 Å². The third kappa shape index (κ3) is 5.44. The lowest BCUT2D eigenvalue weighted by molar-refractivity contribution is -0.145. The highest BCUT2D eigenvalue weighted by molar-refractivity contribution is 5.86. The number of nitrogens with one attached hydrogen (secondary N) is 2. The van der Waals surface area contributed by atoms with Crippen molar-refractivity contribution in [1.29, 1.82) is 0 Å². The Kier molecular flexibility index (Phi) is 5.20. The minimum atomic E-state index is -1.49. The molecule has 1 rings (SSSR count). The number of nitrogens with zero attached hydrogens (tertiary/aromatic N) is 2. The highest BCUT2D eigenvalue weighted by atomic mass is 16.4. The van der Waals surface area contributed by atoms with Crippen molar-refractivity contribution < 1.29 is 24.6 Å². The number of hydrogen-bond donors (Lipinski definition) is 4. The molecule has 9 nitrogen and oxygen atoms in total. The highest BCUT2D eigenvalue weighted by Crippen LogP contribution is 1.94. The Hall–Kier alpha value is -2.71. The van der Waals surface area contributed by atoms with Crippen LogP contribution < -0.4 is 10.6 Å². The van der Waals surface area contributed by atoms with E-state index in [1.54, 1.807) is 12.1 Å². The van der Waals surface area contributed by atoms with Crippen LogP contribution in [0.1, 0.15) is 12.1 Å². The maximum atomic E-state index is 11.4. The number of urea groups is 1. The van der Waals surface area contributed by atoms with Crippen molar-refractivity contribution >= 4 is 18.0 Å². The molecule has 1 heterocycles. The summed E-state index contributed by atoms with van der Waals surface area (Å²) < 4.78 is 0. The second kappa shape index (κ2) is 6.89. The lowest BCUT2D eigenvalue weighted by Crippen LogP contribution is -2.46. The number of carboxylic acid groups (broad SMARTS) is 2. The predicted molar refractivity (Wildman–Crippen MR) is 61.1 cm³/mol. The van der Waals surface area contributed by atoms with Crippen LogP contribution in [0.15, 0.2) is 18.3 Å². The number of hydrogen-bond acceptors (Lipinski definition) is 5. The first-order valence-corrected chi connectivity index (χ1v) is 5.24. The molecule has 0 aromatic carbocycles. The normalized spacial score (nSPS) is 11.4. The van der Waals surface area contributed by atoms with Gasteiger partial charge in [0.25, 0.3) is 0 Å². The summed E-state index contributed by atoms with van der Waals surface area (Å²) in [6.07, 6.45) is 0.769. The summed E-state index contributed by atoms with van der Waals surface area (Å²) in [6, 6.07) is 0.977. The number of carbonyl (C=O) groups is 3. The van der Waals surface area contributed by atoms with E-state index in [4.69, 9.17) is 10.2 Å². The molecule has 102 valence electrons. The molecule has 0 saturated heterocycles. The fourth-order valence-electron chi connectivity index (χ4n) is 1.18. The fraction of sp³-hybridized carbons (Fsp3) is 0.300. The maximum Gasteiger partial charge on any atom is 0.326 e. The third-order valence-electron chi connectivity index (χ3n) is 2.04. The molecule has 0 bridgehead atoms. The minimum Gasteiger partial charge on any atom is -0.481 e. The monoisotopic (exact) mass is 268 g/mol. The average Bonchev–Trinajstić information content (AvgIpc) is 2.36. The van der Waals surface area contributed by atoms with Crippen LogP contribution in [0.25, 0.3) is 0 Å². The quantitative estimate of drug-likeness (QED) is 0.529. The van der Waals surface area contributed by atoms with Crippen molar-refractivity contribution in [3.63, 3.8) is 0 Å². The first kappa shape index (κ1) is 14.4.